The lowest BCUT2D eigenvalue weighted by atomic mass is 9.95. The zero-order valence-electron chi connectivity index (χ0n) is 19.1. The molecule has 0 fully saturated rings. The molecule has 0 bridgehead atoms. The average Bonchev–Trinajstić information content (AvgIpc) is 3.41. The number of nitrogen functional groups attached to an aromatic ring is 1. The molecule has 5 rings (SSSR count). The summed E-state index contributed by atoms with van der Waals surface area (Å²) in [5.74, 6) is -0.237. The molecule has 1 aliphatic rings. The van der Waals surface area contributed by atoms with E-state index in [1.165, 1.54) is 0 Å². The molecule has 3 aromatic carbocycles. The van der Waals surface area contributed by atoms with E-state index < -0.39 is 0 Å². The molecule has 4 aromatic rings. The largest absolute Gasteiger partial charge is 0.397 e. The number of anilines is 2. The van der Waals surface area contributed by atoms with E-state index in [2.05, 4.69) is 5.32 Å². The van der Waals surface area contributed by atoms with Crippen LogP contribution in [0.1, 0.15) is 31.9 Å². The molecule has 2 heterocycles. The van der Waals surface area contributed by atoms with Crippen LogP contribution in [-0.4, -0.2) is 23.3 Å². The molecule has 174 valence electrons. The summed E-state index contributed by atoms with van der Waals surface area (Å²) < 4.78 is 0. The minimum Gasteiger partial charge on any atom is -0.397 e. The Kier molecular flexibility index (Phi) is 6.46. The highest BCUT2D eigenvalue weighted by Gasteiger charge is 2.25. The summed E-state index contributed by atoms with van der Waals surface area (Å²) in [5.41, 5.74) is 11.3. The Balaban J connectivity index is 1.39. The second kappa shape index (κ2) is 9.99. The van der Waals surface area contributed by atoms with Gasteiger partial charge in [-0.1, -0.05) is 54.6 Å². The predicted molar refractivity (Wildman–Crippen MR) is 143 cm³/mol. The van der Waals surface area contributed by atoms with E-state index in [1.54, 1.807) is 23.5 Å². The number of thiophene rings is 1. The molecule has 5 nitrogen and oxygen atoms in total. The SMILES string of the molecule is Nc1ccccc1NC(=O)c1ccc2c(c1)CN(C(=O)C(=Cc1cccs1)c1ccccc1)CC2. The third kappa shape index (κ3) is 5.03. The average molecular weight is 480 g/mol. The Morgan fingerprint density at radius 2 is 1.69 bits per heavy atom. The first-order valence-electron chi connectivity index (χ1n) is 11.5. The van der Waals surface area contributed by atoms with Gasteiger partial charge in [-0.25, -0.2) is 0 Å². The van der Waals surface area contributed by atoms with Crippen molar-refractivity contribution in [1.29, 1.82) is 0 Å². The maximum atomic E-state index is 13.7. The first-order valence-corrected chi connectivity index (χ1v) is 12.3. The minimum absolute atomic E-state index is 0.0119. The van der Waals surface area contributed by atoms with Gasteiger partial charge in [-0.3, -0.25) is 9.59 Å². The first kappa shape index (κ1) is 22.6. The number of nitrogens with one attached hydrogen (secondary N) is 1. The molecule has 1 aromatic heterocycles. The Bertz CT molecular complexity index is 1390. The highest BCUT2D eigenvalue weighted by Crippen LogP contribution is 2.27. The second-order valence-corrected chi connectivity index (χ2v) is 9.42. The van der Waals surface area contributed by atoms with Crippen LogP contribution in [0.5, 0.6) is 0 Å². The van der Waals surface area contributed by atoms with Crippen molar-refractivity contribution in [3.63, 3.8) is 0 Å². The van der Waals surface area contributed by atoms with Gasteiger partial charge in [0.1, 0.15) is 0 Å². The summed E-state index contributed by atoms with van der Waals surface area (Å²) in [4.78, 5) is 29.5. The molecule has 35 heavy (non-hydrogen) atoms. The molecule has 0 aliphatic carbocycles. The van der Waals surface area contributed by atoms with Crippen LogP contribution in [0.4, 0.5) is 11.4 Å². The van der Waals surface area contributed by atoms with Gasteiger partial charge < -0.3 is 16.0 Å². The maximum Gasteiger partial charge on any atom is 0.255 e. The van der Waals surface area contributed by atoms with Gasteiger partial charge in [-0.15, -0.1) is 11.3 Å². The van der Waals surface area contributed by atoms with Gasteiger partial charge in [0, 0.05) is 29.1 Å². The van der Waals surface area contributed by atoms with E-state index in [0.29, 0.717) is 35.6 Å². The highest BCUT2D eigenvalue weighted by molar-refractivity contribution is 7.11. The fourth-order valence-electron chi connectivity index (χ4n) is 4.25. The standard InChI is InChI=1S/C29H25N3O2S/c30-26-10-4-5-11-27(26)31-28(33)22-13-12-20-14-15-32(19-23(20)17-22)29(34)25(18-24-9-6-16-35-24)21-7-2-1-3-8-21/h1-13,16-18H,14-15,19,30H2,(H,31,33). The molecule has 0 saturated heterocycles. The van der Waals surface area contributed by atoms with Gasteiger partial charge in [-0.2, -0.15) is 0 Å². The summed E-state index contributed by atoms with van der Waals surface area (Å²) in [6.45, 7) is 1.09. The zero-order valence-corrected chi connectivity index (χ0v) is 19.9. The fourth-order valence-corrected chi connectivity index (χ4v) is 4.91. The molecular formula is C29H25N3O2S. The van der Waals surface area contributed by atoms with Crippen molar-refractivity contribution in [3.8, 4) is 0 Å². The number of carbonyl (C=O) groups is 2. The lowest BCUT2D eigenvalue weighted by Gasteiger charge is -2.30. The van der Waals surface area contributed by atoms with Crippen molar-refractivity contribution in [3.05, 3.63) is 117 Å². The normalized spacial score (nSPS) is 13.3. The Hall–Kier alpha value is -4.16. The molecule has 0 unspecified atom stereocenters. The van der Waals surface area contributed by atoms with Crippen molar-refractivity contribution in [2.45, 2.75) is 13.0 Å². The van der Waals surface area contributed by atoms with Crippen LogP contribution >= 0.6 is 11.3 Å². The molecule has 2 amide bonds. The maximum absolute atomic E-state index is 13.7. The summed E-state index contributed by atoms with van der Waals surface area (Å²) in [6, 6.07) is 26.6. The number of rotatable bonds is 5. The van der Waals surface area contributed by atoms with Crippen molar-refractivity contribution >= 4 is 46.2 Å². The molecular weight excluding hydrogens is 454 g/mol. The van der Waals surface area contributed by atoms with Crippen LogP contribution in [0.3, 0.4) is 0 Å². The second-order valence-electron chi connectivity index (χ2n) is 8.44. The van der Waals surface area contributed by atoms with E-state index >= 15 is 0 Å². The van der Waals surface area contributed by atoms with E-state index in [9.17, 15) is 9.59 Å². The predicted octanol–water partition coefficient (Wildman–Crippen LogP) is 5.71. The quantitative estimate of drug-likeness (QED) is 0.284. The van der Waals surface area contributed by atoms with Crippen LogP contribution in [0.2, 0.25) is 0 Å². The van der Waals surface area contributed by atoms with Crippen LogP contribution in [0, 0.1) is 0 Å². The first-order chi connectivity index (χ1) is 17.1. The molecule has 0 atom stereocenters. The van der Waals surface area contributed by atoms with Crippen molar-refractivity contribution in [2.75, 3.05) is 17.6 Å². The monoisotopic (exact) mass is 479 g/mol. The fraction of sp³-hybridized carbons (Fsp3) is 0.103. The molecule has 6 heteroatoms. The molecule has 0 radical (unpaired) electrons. The third-order valence-electron chi connectivity index (χ3n) is 6.12. The van der Waals surface area contributed by atoms with Crippen molar-refractivity contribution in [1.82, 2.24) is 4.90 Å². The summed E-state index contributed by atoms with van der Waals surface area (Å²) in [5, 5.41) is 4.88. The van der Waals surface area contributed by atoms with Crippen molar-refractivity contribution in [2.24, 2.45) is 0 Å². The van der Waals surface area contributed by atoms with Gasteiger partial charge in [0.2, 0.25) is 0 Å². The summed E-state index contributed by atoms with van der Waals surface area (Å²) >= 11 is 1.60. The number of benzene rings is 3. The number of para-hydroxylation sites is 2. The van der Waals surface area contributed by atoms with Crippen LogP contribution < -0.4 is 11.1 Å². The number of hydrogen-bond acceptors (Lipinski definition) is 4. The summed E-state index contributed by atoms with van der Waals surface area (Å²) in [6.07, 6.45) is 2.71. The van der Waals surface area contributed by atoms with Gasteiger partial charge >= 0.3 is 0 Å². The van der Waals surface area contributed by atoms with Gasteiger partial charge in [-0.05, 0) is 64.9 Å². The van der Waals surface area contributed by atoms with Gasteiger partial charge in [0.05, 0.1) is 11.4 Å². The molecule has 0 spiro atoms. The molecule has 3 N–H and O–H groups in total. The number of nitrogens with zero attached hydrogens (tertiary/aromatic N) is 1. The Morgan fingerprint density at radius 3 is 2.46 bits per heavy atom. The zero-order chi connectivity index (χ0) is 24.2. The van der Waals surface area contributed by atoms with E-state index in [1.807, 2.05) is 89.2 Å². The highest BCUT2D eigenvalue weighted by atomic mass is 32.1. The van der Waals surface area contributed by atoms with Gasteiger partial charge in [0.15, 0.2) is 0 Å². The van der Waals surface area contributed by atoms with Crippen LogP contribution in [0.15, 0.2) is 90.3 Å². The van der Waals surface area contributed by atoms with E-state index in [4.69, 9.17) is 5.73 Å². The number of amides is 2. The molecule has 1 aliphatic heterocycles. The number of nitrogens with two attached hydrogens (primary N) is 1. The van der Waals surface area contributed by atoms with Crippen molar-refractivity contribution < 1.29 is 9.59 Å². The van der Waals surface area contributed by atoms with E-state index in [-0.39, 0.29) is 11.8 Å². The topological polar surface area (TPSA) is 75.4 Å². The Labute approximate surface area is 208 Å². The minimum atomic E-state index is -0.225. The number of hydrogen-bond donors (Lipinski definition) is 2. The van der Waals surface area contributed by atoms with Gasteiger partial charge in [0.25, 0.3) is 11.8 Å². The number of carbonyl (C=O) groups excluding carboxylic acids is 2. The lowest BCUT2D eigenvalue weighted by Crippen LogP contribution is -2.36. The van der Waals surface area contributed by atoms with Crippen LogP contribution in [0.25, 0.3) is 11.6 Å². The molecule has 0 saturated carbocycles. The lowest BCUT2D eigenvalue weighted by molar-refractivity contribution is -0.125. The number of fused-ring (bicyclic) bond motifs is 1. The summed E-state index contributed by atoms with van der Waals surface area (Å²) in [7, 11) is 0. The Morgan fingerprint density at radius 1 is 0.886 bits per heavy atom. The third-order valence-corrected chi connectivity index (χ3v) is 6.94. The smallest absolute Gasteiger partial charge is 0.255 e. The van der Waals surface area contributed by atoms with E-state index in [0.717, 1.165) is 28.0 Å². The van der Waals surface area contributed by atoms with Crippen LogP contribution in [-0.2, 0) is 17.8 Å².